The lowest BCUT2D eigenvalue weighted by Gasteiger charge is -2.12. The number of carbonyl (C=O) groups excluding carboxylic acids is 1. The molecule has 1 amide bonds. The van der Waals surface area contributed by atoms with Crippen LogP contribution in [0.1, 0.15) is 12.6 Å². The van der Waals surface area contributed by atoms with Crippen LogP contribution < -0.4 is 5.32 Å². The summed E-state index contributed by atoms with van der Waals surface area (Å²) >= 11 is 0. The SMILES string of the molecule is CC(=O)Nc1nc(-c2cccc3ccccc23)cc(C(F)(F)F)n1. The first kappa shape index (κ1) is 15.9. The van der Waals surface area contributed by atoms with E-state index >= 15 is 0 Å². The van der Waals surface area contributed by atoms with Crippen LogP contribution in [0.2, 0.25) is 0 Å². The van der Waals surface area contributed by atoms with Crippen LogP contribution in [0.5, 0.6) is 0 Å². The Kier molecular flexibility index (Phi) is 3.92. The predicted molar refractivity (Wildman–Crippen MR) is 84.3 cm³/mol. The summed E-state index contributed by atoms with van der Waals surface area (Å²) in [5.41, 5.74) is -0.477. The first-order valence-corrected chi connectivity index (χ1v) is 7.06. The molecule has 1 aromatic heterocycles. The highest BCUT2D eigenvalue weighted by molar-refractivity contribution is 5.96. The number of aromatic nitrogens is 2. The molecule has 2 aromatic carbocycles. The van der Waals surface area contributed by atoms with Gasteiger partial charge < -0.3 is 0 Å². The second-order valence-electron chi connectivity index (χ2n) is 5.17. The van der Waals surface area contributed by atoms with Crippen molar-refractivity contribution in [3.05, 3.63) is 54.2 Å². The molecule has 0 saturated carbocycles. The van der Waals surface area contributed by atoms with Gasteiger partial charge in [0.25, 0.3) is 0 Å². The van der Waals surface area contributed by atoms with Crippen LogP contribution in [0, 0.1) is 0 Å². The van der Waals surface area contributed by atoms with E-state index in [1.165, 1.54) is 6.92 Å². The zero-order chi connectivity index (χ0) is 17.3. The molecule has 0 atom stereocenters. The smallest absolute Gasteiger partial charge is 0.295 e. The van der Waals surface area contributed by atoms with Gasteiger partial charge in [-0.2, -0.15) is 13.2 Å². The molecule has 0 aliphatic heterocycles. The maximum absolute atomic E-state index is 13.1. The first-order chi connectivity index (χ1) is 11.3. The molecule has 0 fully saturated rings. The molecule has 0 saturated heterocycles. The van der Waals surface area contributed by atoms with Gasteiger partial charge in [0.15, 0.2) is 5.69 Å². The molecule has 3 rings (SSSR count). The van der Waals surface area contributed by atoms with Crippen molar-refractivity contribution in [1.29, 1.82) is 0 Å². The maximum atomic E-state index is 13.1. The minimum absolute atomic E-state index is 0.0953. The minimum Gasteiger partial charge on any atom is -0.295 e. The van der Waals surface area contributed by atoms with Gasteiger partial charge in [0.05, 0.1) is 5.69 Å². The lowest BCUT2D eigenvalue weighted by Crippen LogP contribution is -2.15. The Hall–Kier alpha value is -2.96. The van der Waals surface area contributed by atoms with Crippen molar-refractivity contribution >= 4 is 22.6 Å². The van der Waals surface area contributed by atoms with E-state index in [0.29, 0.717) is 5.56 Å². The van der Waals surface area contributed by atoms with Crippen molar-refractivity contribution in [2.24, 2.45) is 0 Å². The summed E-state index contributed by atoms with van der Waals surface area (Å²) in [6.07, 6.45) is -4.64. The fourth-order valence-electron chi connectivity index (χ4n) is 2.39. The summed E-state index contributed by atoms with van der Waals surface area (Å²) in [5.74, 6) is -0.918. The Morgan fingerprint density at radius 1 is 1.04 bits per heavy atom. The first-order valence-electron chi connectivity index (χ1n) is 7.06. The predicted octanol–water partition coefficient (Wildman–Crippen LogP) is 4.27. The summed E-state index contributed by atoms with van der Waals surface area (Å²) in [6.45, 7) is 1.18. The number of benzene rings is 2. The second kappa shape index (κ2) is 5.92. The Morgan fingerprint density at radius 3 is 2.46 bits per heavy atom. The van der Waals surface area contributed by atoms with Crippen molar-refractivity contribution in [3.8, 4) is 11.3 Å². The van der Waals surface area contributed by atoms with Crippen LogP contribution >= 0.6 is 0 Å². The van der Waals surface area contributed by atoms with Gasteiger partial charge in [0, 0.05) is 12.5 Å². The van der Waals surface area contributed by atoms with Gasteiger partial charge >= 0.3 is 6.18 Å². The average Bonchev–Trinajstić information content (AvgIpc) is 2.52. The van der Waals surface area contributed by atoms with E-state index in [1.807, 2.05) is 18.2 Å². The molecule has 7 heteroatoms. The lowest BCUT2D eigenvalue weighted by atomic mass is 10.0. The summed E-state index contributed by atoms with van der Waals surface area (Å²) in [5, 5.41) is 3.86. The fourth-order valence-corrected chi connectivity index (χ4v) is 2.39. The fraction of sp³-hybridized carbons (Fsp3) is 0.118. The van der Waals surface area contributed by atoms with Crippen molar-refractivity contribution in [1.82, 2.24) is 9.97 Å². The van der Waals surface area contributed by atoms with E-state index in [9.17, 15) is 18.0 Å². The van der Waals surface area contributed by atoms with Gasteiger partial charge in [-0.15, -0.1) is 0 Å². The number of rotatable bonds is 2. The summed E-state index contributed by atoms with van der Waals surface area (Å²) in [4.78, 5) is 18.6. The van der Waals surface area contributed by atoms with E-state index in [2.05, 4.69) is 15.3 Å². The van der Waals surface area contributed by atoms with Crippen LogP contribution in [-0.4, -0.2) is 15.9 Å². The molecule has 122 valence electrons. The number of hydrogen-bond donors (Lipinski definition) is 1. The monoisotopic (exact) mass is 331 g/mol. The van der Waals surface area contributed by atoms with Crippen LogP contribution in [-0.2, 0) is 11.0 Å². The summed E-state index contributed by atoms with van der Waals surface area (Å²) in [7, 11) is 0. The number of halogens is 3. The number of alkyl halides is 3. The van der Waals surface area contributed by atoms with Crippen LogP contribution in [0.4, 0.5) is 19.1 Å². The molecule has 1 N–H and O–H groups in total. The largest absolute Gasteiger partial charge is 0.433 e. The highest BCUT2D eigenvalue weighted by Crippen LogP contribution is 2.33. The van der Waals surface area contributed by atoms with E-state index in [4.69, 9.17) is 0 Å². The third kappa shape index (κ3) is 3.19. The van der Waals surface area contributed by atoms with Crippen molar-refractivity contribution in [3.63, 3.8) is 0 Å². The molecule has 3 aromatic rings. The van der Waals surface area contributed by atoms with Crippen LogP contribution in [0.25, 0.3) is 22.0 Å². The topological polar surface area (TPSA) is 54.9 Å². The number of nitrogens with zero attached hydrogens (tertiary/aromatic N) is 2. The number of amides is 1. The van der Waals surface area contributed by atoms with Gasteiger partial charge in [-0.3, -0.25) is 10.1 Å². The Balaban J connectivity index is 2.24. The molecule has 0 aliphatic carbocycles. The molecule has 0 spiro atoms. The molecular weight excluding hydrogens is 319 g/mol. The van der Waals surface area contributed by atoms with Gasteiger partial charge in [-0.1, -0.05) is 42.5 Å². The summed E-state index contributed by atoms with van der Waals surface area (Å²) in [6, 6.07) is 13.5. The molecule has 0 aliphatic rings. The third-order valence-corrected chi connectivity index (χ3v) is 3.37. The van der Waals surface area contributed by atoms with Gasteiger partial charge in [-0.25, -0.2) is 9.97 Å². The van der Waals surface area contributed by atoms with E-state index in [1.54, 1.807) is 24.3 Å². The van der Waals surface area contributed by atoms with Gasteiger partial charge in [0.2, 0.25) is 11.9 Å². The zero-order valence-electron chi connectivity index (χ0n) is 12.6. The van der Waals surface area contributed by atoms with Crippen molar-refractivity contribution in [2.45, 2.75) is 13.1 Å². The summed E-state index contributed by atoms with van der Waals surface area (Å²) < 4.78 is 39.3. The minimum atomic E-state index is -4.64. The highest BCUT2D eigenvalue weighted by Gasteiger charge is 2.34. The van der Waals surface area contributed by atoms with Crippen LogP contribution in [0.3, 0.4) is 0 Å². The number of anilines is 1. The van der Waals surface area contributed by atoms with E-state index < -0.39 is 17.8 Å². The standard InChI is InChI=1S/C17H12F3N3O/c1-10(24)21-16-22-14(9-15(23-16)17(18,19)20)13-8-4-6-11-5-2-3-7-12(11)13/h2-9H,1H3,(H,21,22,23,24). The Labute approximate surface area is 135 Å². The van der Waals surface area contributed by atoms with Crippen molar-refractivity contribution in [2.75, 3.05) is 5.32 Å². The molecule has 24 heavy (non-hydrogen) atoms. The van der Waals surface area contributed by atoms with Gasteiger partial charge in [-0.05, 0) is 16.8 Å². The average molecular weight is 331 g/mol. The van der Waals surface area contributed by atoms with Crippen LogP contribution in [0.15, 0.2) is 48.5 Å². The number of carbonyl (C=O) groups is 1. The number of fused-ring (bicyclic) bond motifs is 1. The number of nitrogens with one attached hydrogen (secondary N) is 1. The lowest BCUT2D eigenvalue weighted by molar-refractivity contribution is -0.141. The maximum Gasteiger partial charge on any atom is 0.433 e. The molecule has 1 heterocycles. The highest BCUT2D eigenvalue weighted by atomic mass is 19.4. The quantitative estimate of drug-likeness (QED) is 0.763. The number of hydrogen-bond acceptors (Lipinski definition) is 3. The van der Waals surface area contributed by atoms with Crippen molar-refractivity contribution < 1.29 is 18.0 Å². The molecule has 0 bridgehead atoms. The second-order valence-corrected chi connectivity index (χ2v) is 5.17. The normalized spacial score (nSPS) is 11.5. The van der Waals surface area contributed by atoms with E-state index in [-0.39, 0.29) is 11.6 Å². The molecule has 0 unspecified atom stereocenters. The third-order valence-electron chi connectivity index (χ3n) is 3.37. The van der Waals surface area contributed by atoms with E-state index in [0.717, 1.165) is 16.8 Å². The molecular formula is C17H12F3N3O. The molecule has 0 radical (unpaired) electrons. The van der Waals surface area contributed by atoms with Gasteiger partial charge in [0.1, 0.15) is 0 Å². The zero-order valence-corrected chi connectivity index (χ0v) is 12.6. The molecule has 4 nitrogen and oxygen atoms in total. The Morgan fingerprint density at radius 2 is 1.75 bits per heavy atom. The Bertz CT molecular complexity index is 917.